The number of fused-ring (bicyclic) bond motifs is 1. The lowest BCUT2D eigenvalue weighted by molar-refractivity contribution is 0.291. The number of thiazole rings is 1. The average molecular weight is 272 g/mol. The topological polar surface area (TPSA) is 48.1 Å². The Kier molecular flexibility index (Phi) is 2.82. The maximum absolute atomic E-state index is 5.68. The van der Waals surface area contributed by atoms with Crippen molar-refractivity contribution in [3.05, 3.63) is 40.4 Å². The third-order valence-corrected chi connectivity index (χ3v) is 4.00. The minimum absolute atomic E-state index is 0.0875. The van der Waals surface area contributed by atoms with Crippen LogP contribution in [0.3, 0.4) is 0 Å². The first kappa shape index (κ1) is 12.2. The van der Waals surface area contributed by atoms with Crippen LogP contribution in [-0.4, -0.2) is 11.6 Å². The molecule has 19 heavy (non-hydrogen) atoms. The number of hydrogen-bond acceptors (Lipinski definition) is 4. The van der Waals surface area contributed by atoms with E-state index >= 15 is 0 Å². The van der Waals surface area contributed by atoms with Gasteiger partial charge in [-0.1, -0.05) is 26.0 Å². The Bertz CT molecular complexity index is 643. The van der Waals surface area contributed by atoms with Gasteiger partial charge in [-0.2, -0.15) is 0 Å². The van der Waals surface area contributed by atoms with Gasteiger partial charge in [-0.15, -0.1) is 11.3 Å². The molecule has 98 valence electrons. The maximum Gasteiger partial charge on any atom is 0.180 e. The molecular weight excluding hydrogens is 256 g/mol. The molecule has 0 aliphatic carbocycles. The molecule has 1 aliphatic heterocycles. The zero-order valence-electron chi connectivity index (χ0n) is 11.0. The first-order valence-corrected chi connectivity index (χ1v) is 7.09. The van der Waals surface area contributed by atoms with Crippen molar-refractivity contribution >= 4 is 28.6 Å². The van der Waals surface area contributed by atoms with Gasteiger partial charge < -0.3 is 10.5 Å². The van der Waals surface area contributed by atoms with E-state index in [4.69, 9.17) is 10.5 Å². The molecule has 0 saturated heterocycles. The fourth-order valence-electron chi connectivity index (χ4n) is 2.20. The van der Waals surface area contributed by atoms with Gasteiger partial charge in [0, 0.05) is 16.4 Å². The minimum atomic E-state index is 0.0875. The Balaban J connectivity index is 1.89. The molecule has 2 heterocycles. The van der Waals surface area contributed by atoms with Crippen LogP contribution in [0.4, 0.5) is 5.13 Å². The van der Waals surface area contributed by atoms with Crippen molar-refractivity contribution in [3.8, 4) is 5.75 Å². The highest BCUT2D eigenvalue weighted by atomic mass is 32.1. The molecule has 0 unspecified atom stereocenters. The lowest BCUT2D eigenvalue weighted by Gasteiger charge is -2.15. The normalized spacial score (nSPS) is 16.5. The van der Waals surface area contributed by atoms with E-state index in [1.165, 1.54) is 16.9 Å². The maximum atomic E-state index is 5.68. The zero-order valence-corrected chi connectivity index (χ0v) is 11.8. The van der Waals surface area contributed by atoms with Crippen LogP contribution in [0.2, 0.25) is 0 Å². The molecule has 3 nitrogen and oxygen atoms in total. The molecule has 4 heteroatoms. The molecule has 0 fully saturated rings. The van der Waals surface area contributed by atoms with Crippen molar-refractivity contribution < 1.29 is 4.74 Å². The number of ether oxygens (including phenoxy) is 1. The smallest absolute Gasteiger partial charge is 0.180 e. The Labute approximate surface area is 116 Å². The third-order valence-electron chi connectivity index (χ3n) is 3.31. The number of benzene rings is 1. The Hall–Kier alpha value is -1.81. The van der Waals surface area contributed by atoms with Crippen LogP contribution in [0.1, 0.15) is 30.7 Å². The molecule has 1 aromatic carbocycles. The number of anilines is 1. The average Bonchev–Trinajstić information content (AvgIpc) is 2.92. The van der Waals surface area contributed by atoms with Gasteiger partial charge in [0.05, 0.1) is 12.3 Å². The molecule has 2 N–H and O–H groups in total. The van der Waals surface area contributed by atoms with Gasteiger partial charge in [-0.05, 0) is 23.8 Å². The summed E-state index contributed by atoms with van der Waals surface area (Å²) >= 11 is 1.45. The molecule has 1 aliphatic rings. The second kappa shape index (κ2) is 4.38. The fourth-order valence-corrected chi connectivity index (χ4v) is 2.73. The number of nitrogens with zero attached hydrogens (tertiary/aromatic N) is 1. The Morgan fingerprint density at radius 3 is 2.95 bits per heavy atom. The molecule has 0 atom stereocenters. The van der Waals surface area contributed by atoms with Gasteiger partial charge in [0.1, 0.15) is 5.75 Å². The number of hydrogen-bond donors (Lipinski definition) is 1. The highest BCUT2D eigenvalue weighted by molar-refractivity contribution is 7.13. The SMILES string of the molecule is CC1(C)COc2ccc(/C=C/c3csc(N)n3)cc21. The zero-order chi connectivity index (χ0) is 13.5. The van der Waals surface area contributed by atoms with Gasteiger partial charge in [0.15, 0.2) is 5.13 Å². The quantitative estimate of drug-likeness (QED) is 0.909. The summed E-state index contributed by atoms with van der Waals surface area (Å²) in [6, 6.07) is 6.29. The van der Waals surface area contributed by atoms with Crippen molar-refractivity contribution in [1.29, 1.82) is 0 Å². The summed E-state index contributed by atoms with van der Waals surface area (Å²) in [6.07, 6.45) is 4.04. The lowest BCUT2D eigenvalue weighted by Crippen LogP contribution is -2.18. The Morgan fingerprint density at radius 1 is 1.37 bits per heavy atom. The van der Waals surface area contributed by atoms with E-state index in [-0.39, 0.29) is 5.41 Å². The van der Waals surface area contributed by atoms with Gasteiger partial charge in [0.25, 0.3) is 0 Å². The highest BCUT2D eigenvalue weighted by Gasteiger charge is 2.31. The summed E-state index contributed by atoms with van der Waals surface area (Å²) in [6.45, 7) is 5.15. The molecule has 0 saturated carbocycles. The first-order valence-electron chi connectivity index (χ1n) is 6.21. The molecule has 0 amide bonds. The van der Waals surface area contributed by atoms with Gasteiger partial charge in [-0.25, -0.2) is 4.98 Å². The molecule has 2 aromatic rings. The van der Waals surface area contributed by atoms with Crippen LogP contribution in [0, 0.1) is 0 Å². The first-order chi connectivity index (χ1) is 9.04. The molecule has 0 radical (unpaired) electrons. The largest absolute Gasteiger partial charge is 0.492 e. The molecule has 1 aromatic heterocycles. The van der Waals surface area contributed by atoms with Crippen LogP contribution < -0.4 is 10.5 Å². The van der Waals surface area contributed by atoms with Crippen molar-refractivity contribution in [2.75, 3.05) is 12.3 Å². The third kappa shape index (κ3) is 2.36. The van der Waals surface area contributed by atoms with Crippen molar-refractivity contribution in [1.82, 2.24) is 4.98 Å². The van der Waals surface area contributed by atoms with Gasteiger partial charge in [-0.3, -0.25) is 0 Å². The van der Waals surface area contributed by atoms with Crippen molar-refractivity contribution in [3.63, 3.8) is 0 Å². The highest BCUT2D eigenvalue weighted by Crippen LogP contribution is 2.38. The van der Waals surface area contributed by atoms with Crippen LogP contribution in [0.15, 0.2) is 23.6 Å². The van der Waals surface area contributed by atoms with Gasteiger partial charge >= 0.3 is 0 Å². The van der Waals surface area contributed by atoms with Crippen molar-refractivity contribution in [2.45, 2.75) is 19.3 Å². The molecule has 3 rings (SSSR count). The van der Waals surface area contributed by atoms with E-state index in [1.807, 2.05) is 17.5 Å². The summed E-state index contributed by atoms with van der Waals surface area (Å²) in [5.41, 5.74) is 9.03. The van der Waals surface area contributed by atoms with E-state index in [9.17, 15) is 0 Å². The second-order valence-corrected chi connectivity index (χ2v) is 6.26. The van der Waals surface area contributed by atoms with E-state index in [1.54, 1.807) is 0 Å². The Morgan fingerprint density at radius 2 is 2.21 bits per heavy atom. The summed E-state index contributed by atoms with van der Waals surface area (Å²) in [5.74, 6) is 1.00. The summed E-state index contributed by atoms with van der Waals surface area (Å²) in [7, 11) is 0. The number of nitrogen functional groups attached to an aromatic ring is 1. The van der Waals surface area contributed by atoms with Crippen molar-refractivity contribution in [2.24, 2.45) is 0 Å². The van der Waals surface area contributed by atoms with E-state index in [2.05, 4.69) is 37.0 Å². The summed E-state index contributed by atoms with van der Waals surface area (Å²) in [5, 5.41) is 2.55. The molecule has 0 spiro atoms. The number of rotatable bonds is 2. The number of nitrogens with two attached hydrogens (primary N) is 1. The van der Waals surface area contributed by atoms with Crippen LogP contribution in [-0.2, 0) is 5.41 Å². The van der Waals surface area contributed by atoms with Crippen LogP contribution >= 0.6 is 11.3 Å². The fraction of sp³-hybridized carbons (Fsp3) is 0.267. The lowest BCUT2D eigenvalue weighted by atomic mass is 9.86. The van der Waals surface area contributed by atoms with E-state index in [0.717, 1.165) is 23.6 Å². The second-order valence-electron chi connectivity index (χ2n) is 5.37. The monoisotopic (exact) mass is 272 g/mol. The molecule has 0 bridgehead atoms. The predicted molar refractivity (Wildman–Crippen MR) is 80.4 cm³/mol. The summed E-state index contributed by atoms with van der Waals surface area (Å²) < 4.78 is 5.68. The number of aromatic nitrogens is 1. The minimum Gasteiger partial charge on any atom is -0.492 e. The standard InChI is InChI=1S/C15H16N2OS/c1-15(2)9-18-13-6-4-10(7-12(13)15)3-5-11-8-19-14(16)17-11/h3-8H,9H2,1-2H3,(H2,16,17)/b5-3+. The predicted octanol–water partition coefficient (Wildman–Crippen LogP) is 3.57. The van der Waals surface area contributed by atoms with E-state index in [0.29, 0.717) is 5.13 Å². The van der Waals surface area contributed by atoms with Crippen LogP contribution in [0.5, 0.6) is 5.75 Å². The van der Waals surface area contributed by atoms with Gasteiger partial charge in [0.2, 0.25) is 0 Å². The molecular formula is C15H16N2OS. The van der Waals surface area contributed by atoms with Crippen LogP contribution in [0.25, 0.3) is 12.2 Å². The van der Waals surface area contributed by atoms with E-state index < -0.39 is 0 Å². The summed E-state index contributed by atoms with van der Waals surface area (Å²) in [4.78, 5) is 4.21.